The van der Waals surface area contributed by atoms with Crippen molar-refractivity contribution in [2.75, 3.05) is 27.3 Å². The molecule has 1 aliphatic rings. The van der Waals surface area contributed by atoms with E-state index >= 15 is 0 Å². The molecule has 4 rings (SSSR count). The van der Waals surface area contributed by atoms with Crippen LogP contribution in [0.4, 0.5) is 0 Å². The normalized spacial score (nSPS) is 14.4. The molecule has 10 heteroatoms. The lowest BCUT2D eigenvalue weighted by Gasteiger charge is -2.26. The quantitative estimate of drug-likeness (QED) is 0.383. The average molecular weight is 559 g/mol. The Morgan fingerprint density at radius 2 is 1.66 bits per heavy atom. The molecule has 0 bridgehead atoms. The summed E-state index contributed by atoms with van der Waals surface area (Å²) in [6, 6.07) is 20.5. The number of nitrogens with zero attached hydrogens (tertiary/aromatic N) is 2. The van der Waals surface area contributed by atoms with Gasteiger partial charge in [-0.15, -0.1) is 4.40 Å². The topological polar surface area (TPSA) is 94.5 Å². The van der Waals surface area contributed by atoms with Crippen molar-refractivity contribution in [3.05, 3.63) is 88.4 Å². The molecule has 0 radical (unpaired) electrons. The van der Waals surface area contributed by atoms with Crippen LogP contribution in [0.3, 0.4) is 0 Å². The van der Waals surface area contributed by atoms with Gasteiger partial charge < -0.3 is 19.1 Å². The molecule has 182 valence electrons. The van der Waals surface area contributed by atoms with Gasteiger partial charge in [0.2, 0.25) is 0 Å². The van der Waals surface area contributed by atoms with E-state index in [1.807, 2.05) is 0 Å². The second-order valence-electron chi connectivity index (χ2n) is 7.79. The van der Waals surface area contributed by atoms with Crippen molar-refractivity contribution in [1.82, 2.24) is 4.90 Å². The van der Waals surface area contributed by atoms with Crippen molar-refractivity contribution < 1.29 is 27.4 Å². The number of benzene rings is 3. The first-order valence-corrected chi connectivity index (χ1v) is 12.9. The number of likely N-dealkylation sites (N-methyl/N-ethyl adjacent to an activating group) is 1. The van der Waals surface area contributed by atoms with Gasteiger partial charge in [0, 0.05) is 17.1 Å². The second kappa shape index (κ2) is 10.5. The molecule has 0 fully saturated rings. The van der Waals surface area contributed by atoms with Gasteiger partial charge in [0.05, 0.1) is 19.2 Å². The van der Waals surface area contributed by atoms with Crippen molar-refractivity contribution in [1.29, 1.82) is 0 Å². The molecule has 0 amide bonds. The van der Waals surface area contributed by atoms with E-state index in [-0.39, 0.29) is 23.9 Å². The number of esters is 1. The third-order valence-electron chi connectivity index (χ3n) is 5.30. The zero-order valence-electron chi connectivity index (χ0n) is 19.0. The zero-order valence-corrected chi connectivity index (χ0v) is 21.5. The van der Waals surface area contributed by atoms with Gasteiger partial charge in [0.15, 0.2) is 11.9 Å². The van der Waals surface area contributed by atoms with E-state index in [0.717, 1.165) is 4.47 Å². The highest BCUT2D eigenvalue weighted by atomic mass is 79.9. The number of carbonyl (C=O) groups is 1. The van der Waals surface area contributed by atoms with Crippen LogP contribution in [0.25, 0.3) is 0 Å². The Balaban J connectivity index is 1.53. The first-order chi connectivity index (χ1) is 16.8. The van der Waals surface area contributed by atoms with Crippen LogP contribution in [0, 0.1) is 0 Å². The Hall–Kier alpha value is -3.37. The molecule has 3 aromatic carbocycles. The van der Waals surface area contributed by atoms with Crippen LogP contribution in [0.2, 0.25) is 0 Å². The van der Waals surface area contributed by atoms with Crippen molar-refractivity contribution in [3.8, 4) is 11.5 Å². The minimum Gasteiger partial charge on any atom is -0.497 e. The van der Waals surface area contributed by atoms with Crippen LogP contribution in [-0.2, 0) is 14.8 Å². The molecule has 8 nitrogen and oxygen atoms in total. The fourth-order valence-electron chi connectivity index (χ4n) is 3.55. The largest absolute Gasteiger partial charge is 0.497 e. The standard InChI is InChI=1S/C25H23BrN2O6S/c1-28(24-22-5-3-4-6-23(22)35(30,31)27-24)15-21(16-33-20-13-11-19(32-2)12-14-20)34-25(29)17-7-9-18(26)10-8-17/h3-14,21H,15-16H2,1-2H3/t21-/m0/s1. The Morgan fingerprint density at radius 1 is 1.00 bits per heavy atom. The van der Waals surface area contributed by atoms with E-state index < -0.39 is 22.1 Å². The molecular weight excluding hydrogens is 536 g/mol. The van der Waals surface area contributed by atoms with Crippen LogP contribution in [0.15, 0.2) is 86.6 Å². The van der Waals surface area contributed by atoms with Gasteiger partial charge in [-0.25, -0.2) is 4.79 Å². The number of amidine groups is 1. The Kier molecular flexibility index (Phi) is 7.42. The first-order valence-electron chi connectivity index (χ1n) is 10.7. The van der Waals surface area contributed by atoms with E-state index in [4.69, 9.17) is 14.2 Å². The van der Waals surface area contributed by atoms with Crippen LogP contribution in [-0.4, -0.2) is 58.5 Å². The minimum atomic E-state index is -3.78. The summed E-state index contributed by atoms with van der Waals surface area (Å²) in [6.07, 6.45) is -0.726. The maximum atomic E-state index is 12.8. The fourth-order valence-corrected chi connectivity index (χ4v) is 5.06. The molecule has 0 saturated carbocycles. The van der Waals surface area contributed by atoms with Crippen molar-refractivity contribution in [3.63, 3.8) is 0 Å². The summed E-state index contributed by atoms with van der Waals surface area (Å²) >= 11 is 3.35. The summed E-state index contributed by atoms with van der Waals surface area (Å²) in [5.74, 6) is 1.03. The van der Waals surface area contributed by atoms with Gasteiger partial charge >= 0.3 is 5.97 Å². The Labute approximate surface area is 212 Å². The Bertz CT molecular complexity index is 1340. The van der Waals surface area contributed by atoms with E-state index in [1.54, 1.807) is 85.8 Å². The van der Waals surface area contributed by atoms with Gasteiger partial charge in [-0.2, -0.15) is 8.42 Å². The molecule has 0 aliphatic carbocycles. The minimum absolute atomic E-state index is 0.0423. The van der Waals surface area contributed by atoms with Gasteiger partial charge in [0.1, 0.15) is 23.0 Å². The number of ether oxygens (including phenoxy) is 3. The molecule has 1 aliphatic heterocycles. The van der Waals surface area contributed by atoms with Gasteiger partial charge in [-0.3, -0.25) is 0 Å². The highest BCUT2D eigenvalue weighted by Crippen LogP contribution is 2.27. The molecule has 0 aromatic heterocycles. The number of sulfonamides is 1. The van der Waals surface area contributed by atoms with Crippen LogP contribution < -0.4 is 9.47 Å². The van der Waals surface area contributed by atoms with E-state index in [0.29, 0.717) is 22.6 Å². The zero-order chi connectivity index (χ0) is 25.0. The van der Waals surface area contributed by atoms with Crippen LogP contribution in [0.1, 0.15) is 15.9 Å². The molecule has 3 aromatic rings. The third kappa shape index (κ3) is 5.83. The van der Waals surface area contributed by atoms with Crippen molar-refractivity contribution in [2.45, 2.75) is 11.0 Å². The summed E-state index contributed by atoms with van der Waals surface area (Å²) < 4.78 is 46.5. The van der Waals surface area contributed by atoms with Gasteiger partial charge in [0.25, 0.3) is 10.0 Å². The maximum Gasteiger partial charge on any atom is 0.338 e. The van der Waals surface area contributed by atoms with Crippen molar-refractivity contribution >= 4 is 37.8 Å². The van der Waals surface area contributed by atoms with E-state index in [2.05, 4.69) is 20.3 Å². The molecule has 0 N–H and O–H groups in total. The summed E-state index contributed by atoms with van der Waals surface area (Å²) in [5, 5.41) is 0. The molecule has 1 heterocycles. The summed E-state index contributed by atoms with van der Waals surface area (Å²) in [5.41, 5.74) is 0.889. The van der Waals surface area contributed by atoms with Crippen molar-refractivity contribution in [2.24, 2.45) is 4.40 Å². The summed E-state index contributed by atoms with van der Waals surface area (Å²) in [7, 11) is -0.501. The molecular formula is C25H23BrN2O6S. The smallest absolute Gasteiger partial charge is 0.338 e. The SMILES string of the molecule is COc1ccc(OC[C@H](CN(C)C2=NS(=O)(=O)c3ccccc32)OC(=O)c2ccc(Br)cc2)cc1. The first kappa shape index (κ1) is 24.7. The fraction of sp³-hybridized carbons (Fsp3) is 0.200. The van der Waals surface area contributed by atoms with Gasteiger partial charge in [-0.05, 0) is 60.7 Å². The molecule has 1 atom stereocenters. The second-order valence-corrected chi connectivity index (χ2v) is 10.3. The number of methoxy groups -OCH3 is 1. The predicted molar refractivity (Wildman–Crippen MR) is 135 cm³/mol. The number of carbonyl (C=O) groups excluding carboxylic acids is 1. The third-order valence-corrected chi connectivity index (χ3v) is 7.15. The molecule has 0 unspecified atom stereocenters. The van der Waals surface area contributed by atoms with E-state index in [9.17, 15) is 13.2 Å². The monoisotopic (exact) mass is 558 g/mol. The molecule has 35 heavy (non-hydrogen) atoms. The number of halogens is 1. The van der Waals surface area contributed by atoms with E-state index in [1.165, 1.54) is 6.07 Å². The summed E-state index contributed by atoms with van der Waals surface area (Å²) in [6.45, 7) is 0.196. The highest BCUT2D eigenvalue weighted by molar-refractivity contribution is 9.10. The number of fused-ring (bicyclic) bond motifs is 1. The highest BCUT2D eigenvalue weighted by Gasteiger charge is 2.32. The number of rotatable bonds is 8. The average Bonchev–Trinajstić information content (AvgIpc) is 3.14. The van der Waals surface area contributed by atoms with Crippen LogP contribution in [0.5, 0.6) is 11.5 Å². The summed E-state index contributed by atoms with van der Waals surface area (Å²) in [4.78, 5) is 14.6. The number of hydrogen-bond donors (Lipinski definition) is 0. The molecule has 0 spiro atoms. The lowest BCUT2D eigenvalue weighted by Crippen LogP contribution is -2.39. The lowest BCUT2D eigenvalue weighted by atomic mass is 10.2. The predicted octanol–water partition coefficient (Wildman–Crippen LogP) is 4.14. The molecule has 0 saturated heterocycles. The Morgan fingerprint density at radius 3 is 2.34 bits per heavy atom. The maximum absolute atomic E-state index is 12.8. The number of hydrogen-bond acceptors (Lipinski definition) is 7. The van der Waals surface area contributed by atoms with Crippen LogP contribution >= 0.6 is 15.9 Å². The lowest BCUT2D eigenvalue weighted by molar-refractivity contribution is 0.0130. The van der Waals surface area contributed by atoms with Gasteiger partial charge in [-0.1, -0.05) is 28.1 Å².